The zero-order valence-electron chi connectivity index (χ0n) is 16.4. The van der Waals surface area contributed by atoms with Crippen molar-refractivity contribution in [3.8, 4) is 0 Å². The molecule has 0 aliphatic heterocycles. The van der Waals surface area contributed by atoms with Crippen molar-refractivity contribution in [2.45, 2.75) is 51.6 Å². The number of nitrogens with one attached hydrogen (secondary N) is 2. The number of unbranched alkanes of at least 4 members (excludes halogenated alkanes) is 2. The summed E-state index contributed by atoms with van der Waals surface area (Å²) in [4.78, 5) is 0. The van der Waals surface area contributed by atoms with E-state index in [9.17, 15) is 0 Å². The molecule has 2 aromatic rings. The van der Waals surface area contributed by atoms with E-state index in [1.807, 2.05) is 24.3 Å². The molecule has 2 unspecified atom stereocenters. The van der Waals surface area contributed by atoms with Gasteiger partial charge in [0.15, 0.2) is 0 Å². The molecule has 2 aromatic carbocycles. The van der Waals surface area contributed by atoms with E-state index in [2.05, 4.69) is 24.5 Å². The highest BCUT2D eigenvalue weighted by atomic mass is 35.5. The van der Waals surface area contributed by atoms with Crippen LogP contribution >= 0.6 is 46.4 Å². The van der Waals surface area contributed by atoms with E-state index in [4.69, 9.17) is 46.4 Å². The van der Waals surface area contributed by atoms with Crippen molar-refractivity contribution < 1.29 is 0 Å². The van der Waals surface area contributed by atoms with Crippen molar-refractivity contribution in [2.75, 3.05) is 13.1 Å². The molecule has 0 aliphatic rings. The summed E-state index contributed by atoms with van der Waals surface area (Å²) in [6.07, 6.45) is 4.39. The SMILES string of the molecule is CCCCNC(c1ccc(Cl)cc1Cl)C(NCCCC)c1ccc(Cl)cc1Cl. The minimum atomic E-state index is -0.0492. The van der Waals surface area contributed by atoms with Crippen molar-refractivity contribution in [3.63, 3.8) is 0 Å². The van der Waals surface area contributed by atoms with E-state index >= 15 is 0 Å². The fourth-order valence-corrected chi connectivity index (χ4v) is 4.24. The third-order valence-electron chi connectivity index (χ3n) is 4.72. The zero-order chi connectivity index (χ0) is 20.5. The van der Waals surface area contributed by atoms with Gasteiger partial charge in [-0.3, -0.25) is 0 Å². The second kappa shape index (κ2) is 12.3. The van der Waals surface area contributed by atoms with Crippen LogP contribution in [-0.4, -0.2) is 13.1 Å². The van der Waals surface area contributed by atoms with Crippen LogP contribution in [0.3, 0.4) is 0 Å². The van der Waals surface area contributed by atoms with Gasteiger partial charge < -0.3 is 10.6 Å². The second-order valence-corrected chi connectivity index (χ2v) is 8.59. The summed E-state index contributed by atoms with van der Waals surface area (Å²) in [5.41, 5.74) is 2.00. The quantitative estimate of drug-likeness (QED) is 0.332. The van der Waals surface area contributed by atoms with Crippen molar-refractivity contribution in [1.82, 2.24) is 10.6 Å². The molecule has 6 heteroatoms. The summed E-state index contributed by atoms with van der Waals surface area (Å²) < 4.78 is 0. The third kappa shape index (κ3) is 6.79. The fraction of sp³-hybridized carbons (Fsp3) is 0.455. The Morgan fingerprint density at radius 2 is 1.07 bits per heavy atom. The Morgan fingerprint density at radius 3 is 1.39 bits per heavy atom. The molecule has 0 aromatic heterocycles. The van der Waals surface area contributed by atoms with E-state index in [-0.39, 0.29) is 12.1 Å². The maximum atomic E-state index is 6.59. The number of hydrogen-bond acceptors (Lipinski definition) is 2. The van der Waals surface area contributed by atoms with E-state index in [1.54, 1.807) is 12.1 Å². The van der Waals surface area contributed by atoms with Gasteiger partial charge >= 0.3 is 0 Å². The minimum Gasteiger partial charge on any atom is -0.308 e. The normalized spacial score (nSPS) is 13.5. The number of hydrogen-bond donors (Lipinski definition) is 2. The molecule has 28 heavy (non-hydrogen) atoms. The predicted octanol–water partition coefficient (Wildman–Crippen LogP) is 7.86. The molecular formula is C22H28Cl4N2. The van der Waals surface area contributed by atoms with Crippen LogP contribution in [0.4, 0.5) is 0 Å². The third-order valence-corrected chi connectivity index (χ3v) is 5.84. The lowest BCUT2D eigenvalue weighted by Crippen LogP contribution is -2.36. The van der Waals surface area contributed by atoms with Gasteiger partial charge in [-0.25, -0.2) is 0 Å². The van der Waals surface area contributed by atoms with E-state index in [0.717, 1.165) is 49.9 Å². The molecule has 0 saturated heterocycles. The molecule has 2 atom stereocenters. The van der Waals surface area contributed by atoms with Gasteiger partial charge in [0.05, 0.1) is 12.1 Å². The Labute approximate surface area is 188 Å². The summed E-state index contributed by atoms with van der Waals surface area (Å²) >= 11 is 25.4. The van der Waals surface area contributed by atoms with Crippen LogP contribution in [0.25, 0.3) is 0 Å². The van der Waals surface area contributed by atoms with Crippen LogP contribution < -0.4 is 10.6 Å². The van der Waals surface area contributed by atoms with Crippen LogP contribution in [0.5, 0.6) is 0 Å². The molecule has 0 saturated carbocycles. The fourth-order valence-electron chi connectivity index (χ4n) is 3.19. The van der Waals surface area contributed by atoms with Crippen LogP contribution in [0.1, 0.15) is 62.7 Å². The first kappa shape index (κ1) is 23.8. The Hall–Kier alpha value is -0.480. The van der Waals surface area contributed by atoms with Gasteiger partial charge in [0, 0.05) is 20.1 Å². The minimum absolute atomic E-state index is 0.0492. The molecule has 0 fully saturated rings. The molecule has 2 nitrogen and oxygen atoms in total. The maximum absolute atomic E-state index is 6.59. The second-order valence-electron chi connectivity index (χ2n) is 6.90. The highest BCUT2D eigenvalue weighted by Crippen LogP contribution is 2.37. The molecule has 0 bridgehead atoms. The van der Waals surface area contributed by atoms with Gasteiger partial charge in [-0.1, -0.05) is 85.2 Å². The smallest absolute Gasteiger partial charge is 0.0533 e. The first-order chi connectivity index (χ1) is 13.5. The maximum Gasteiger partial charge on any atom is 0.0533 e. The summed E-state index contributed by atoms with van der Waals surface area (Å²) in [5.74, 6) is 0. The highest BCUT2D eigenvalue weighted by Gasteiger charge is 2.27. The lowest BCUT2D eigenvalue weighted by Gasteiger charge is -2.31. The summed E-state index contributed by atoms with van der Waals surface area (Å²) in [6, 6.07) is 11.2. The molecule has 0 amide bonds. The van der Waals surface area contributed by atoms with E-state index in [0.29, 0.717) is 20.1 Å². The van der Waals surface area contributed by atoms with Crippen LogP contribution in [0, 0.1) is 0 Å². The number of halogens is 4. The molecule has 2 rings (SSSR count). The van der Waals surface area contributed by atoms with Crippen molar-refractivity contribution in [2.24, 2.45) is 0 Å². The Balaban J connectivity index is 2.46. The standard InChI is InChI=1S/C22H28Cl4N2/c1-3-5-11-27-21(17-9-7-15(23)13-19(17)25)22(28-12-6-4-2)18-10-8-16(24)14-20(18)26/h7-10,13-14,21-22,27-28H,3-6,11-12H2,1-2H3. The molecular weight excluding hydrogens is 434 g/mol. The van der Waals surface area contributed by atoms with Crippen LogP contribution in [0.2, 0.25) is 20.1 Å². The molecule has 0 spiro atoms. The topological polar surface area (TPSA) is 24.1 Å². The van der Waals surface area contributed by atoms with Gasteiger partial charge in [-0.2, -0.15) is 0 Å². The van der Waals surface area contributed by atoms with Gasteiger partial charge in [0.2, 0.25) is 0 Å². The summed E-state index contributed by atoms with van der Waals surface area (Å²) in [6.45, 7) is 6.13. The van der Waals surface area contributed by atoms with E-state index in [1.165, 1.54) is 0 Å². The van der Waals surface area contributed by atoms with Gasteiger partial charge in [0.1, 0.15) is 0 Å². The highest BCUT2D eigenvalue weighted by molar-refractivity contribution is 6.35. The van der Waals surface area contributed by atoms with Gasteiger partial charge in [0.25, 0.3) is 0 Å². The largest absolute Gasteiger partial charge is 0.308 e. The number of rotatable bonds is 11. The van der Waals surface area contributed by atoms with Crippen molar-refractivity contribution >= 4 is 46.4 Å². The predicted molar refractivity (Wildman–Crippen MR) is 124 cm³/mol. The van der Waals surface area contributed by atoms with Gasteiger partial charge in [-0.15, -0.1) is 0 Å². The van der Waals surface area contributed by atoms with E-state index < -0.39 is 0 Å². The monoisotopic (exact) mass is 460 g/mol. The Morgan fingerprint density at radius 1 is 0.679 bits per heavy atom. The average Bonchev–Trinajstić information content (AvgIpc) is 2.65. The average molecular weight is 462 g/mol. The first-order valence-corrected chi connectivity index (χ1v) is 11.4. The molecule has 0 aliphatic carbocycles. The lowest BCUT2D eigenvalue weighted by atomic mass is 9.92. The summed E-state index contributed by atoms with van der Waals surface area (Å²) in [5, 5.41) is 9.91. The molecule has 0 radical (unpaired) electrons. The van der Waals surface area contributed by atoms with Crippen molar-refractivity contribution in [3.05, 3.63) is 67.6 Å². The van der Waals surface area contributed by atoms with Crippen molar-refractivity contribution in [1.29, 1.82) is 0 Å². The molecule has 0 heterocycles. The molecule has 154 valence electrons. The summed E-state index contributed by atoms with van der Waals surface area (Å²) in [7, 11) is 0. The van der Waals surface area contributed by atoms with Crippen LogP contribution in [-0.2, 0) is 0 Å². The Bertz CT molecular complexity index is 688. The number of benzene rings is 2. The lowest BCUT2D eigenvalue weighted by molar-refractivity contribution is 0.380. The van der Waals surface area contributed by atoms with Gasteiger partial charge in [-0.05, 0) is 61.3 Å². The molecule has 2 N–H and O–H groups in total. The van der Waals surface area contributed by atoms with Crippen LogP contribution in [0.15, 0.2) is 36.4 Å². The zero-order valence-corrected chi connectivity index (χ0v) is 19.4. The Kier molecular flexibility index (Phi) is 10.4. The first-order valence-electron chi connectivity index (χ1n) is 9.84.